The second kappa shape index (κ2) is 5.55. The molecule has 1 aliphatic rings. The maximum absolute atomic E-state index is 13.7. The molecule has 1 aromatic carbocycles. The van der Waals surface area contributed by atoms with E-state index in [-0.39, 0.29) is 9.92 Å². The fourth-order valence-electron chi connectivity index (χ4n) is 2.11. The minimum atomic E-state index is -3.73. The van der Waals surface area contributed by atoms with Crippen LogP contribution < -0.4 is 0 Å². The highest BCUT2D eigenvalue weighted by Gasteiger charge is 2.27. The first-order valence-electron chi connectivity index (χ1n) is 5.97. The molecule has 1 heterocycles. The van der Waals surface area contributed by atoms with Crippen LogP contribution in [-0.2, 0) is 10.0 Å². The first-order chi connectivity index (χ1) is 8.51. The number of hydrogen-bond donors (Lipinski definition) is 0. The summed E-state index contributed by atoms with van der Waals surface area (Å²) in [5, 5.41) is 0.197. The lowest BCUT2D eigenvalue weighted by Gasteiger charge is -2.20. The van der Waals surface area contributed by atoms with Crippen LogP contribution in [0.3, 0.4) is 0 Å². The number of hydrogen-bond acceptors (Lipinski definition) is 2. The fraction of sp³-hybridized carbons (Fsp3) is 0.500. The molecule has 0 aliphatic carbocycles. The van der Waals surface area contributed by atoms with E-state index >= 15 is 0 Å². The van der Waals surface area contributed by atoms with E-state index in [1.807, 2.05) is 0 Å². The van der Waals surface area contributed by atoms with Crippen molar-refractivity contribution >= 4 is 21.6 Å². The van der Waals surface area contributed by atoms with E-state index in [0.717, 1.165) is 31.7 Å². The van der Waals surface area contributed by atoms with Crippen molar-refractivity contribution in [2.45, 2.75) is 30.6 Å². The molecule has 6 heteroatoms. The molecule has 1 fully saturated rings. The van der Waals surface area contributed by atoms with E-state index < -0.39 is 15.8 Å². The lowest BCUT2D eigenvalue weighted by molar-refractivity contribution is 0.419. The molecule has 0 amide bonds. The SMILES string of the molecule is O=S(=O)(c1ccc(Cl)cc1F)N1CCCCCC1. The van der Waals surface area contributed by atoms with Crippen LogP contribution >= 0.6 is 11.6 Å². The van der Waals surface area contributed by atoms with Crippen molar-refractivity contribution in [1.82, 2.24) is 4.31 Å². The molecule has 1 aromatic rings. The van der Waals surface area contributed by atoms with E-state index in [1.54, 1.807) is 0 Å². The molecule has 1 aliphatic heterocycles. The third-order valence-electron chi connectivity index (χ3n) is 3.08. The summed E-state index contributed by atoms with van der Waals surface area (Å²) in [6.45, 7) is 0.925. The van der Waals surface area contributed by atoms with Gasteiger partial charge in [-0.05, 0) is 31.0 Å². The average molecular weight is 292 g/mol. The minimum absolute atomic E-state index is 0.197. The maximum Gasteiger partial charge on any atom is 0.245 e. The summed E-state index contributed by atoms with van der Waals surface area (Å²) in [6.07, 6.45) is 3.70. The first kappa shape index (κ1) is 13.8. The zero-order valence-corrected chi connectivity index (χ0v) is 11.5. The lowest BCUT2D eigenvalue weighted by atomic mass is 10.2. The molecule has 1 saturated heterocycles. The second-order valence-electron chi connectivity index (χ2n) is 4.39. The van der Waals surface area contributed by atoms with E-state index in [9.17, 15) is 12.8 Å². The summed E-state index contributed by atoms with van der Waals surface area (Å²) in [5.74, 6) is -0.785. The molecule has 2 rings (SSSR count). The van der Waals surface area contributed by atoms with Crippen LogP contribution in [0.5, 0.6) is 0 Å². The van der Waals surface area contributed by atoms with Crippen LogP contribution in [0.25, 0.3) is 0 Å². The summed E-state index contributed by atoms with van der Waals surface area (Å²) >= 11 is 5.63. The molecule has 0 unspecified atom stereocenters. The summed E-state index contributed by atoms with van der Waals surface area (Å²) in [4.78, 5) is -0.284. The van der Waals surface area contributed by atoms with Crippen molar-refractivity contribution in [2.24, 2.45) is 0 Å². The first-order valence-corrected chi connectivity index (χ1v) is 7.79. The molecule has 0 N–H and O–H groups in total. The van der Waals surface area contributed by atoms with Gasteiger partial charge in [0.15, 0.2) is 0 Å². The van der Waals surface area contributed by atoms with Gasteiger partial charge in [0, 0.05) is 18.1 Å². The van der Waals surface area contributed by atoms with Gasteiger partial charge in [0.25, 0.3) is 0 Å². The molecule has 0 bridgehead atoms. The Morgan fingerprint density at radius 1 is 1.11 bits per heavy atom. The smallest absolute Gasteiger partial charge is 0.207 e. The predicted octanol–water partition coefficient (Wildman–Crippen LogP) is 3.04. The third kappa shape index (κ3) is 2.84. The zero-order chi connectivity index (χ0) is 13.2. The summed E-state index contributed by atoms with van der Waals surface area (Å²) in [7, 11) is -3.73. The fourth-order valence-corrected chi connectivity index (χ4v) is 3.83. The van der Waals surface area contributed by atoms with Crippen LogP contribution in [0.15, 0.2) is 23.1 Å². The second-order valence-corrected chi connectivity index (χ2v) is 6.74. The Morgan fingerprint density at radius 2 is 1.72 bits per heavy atom. The Balaban J connectivity index is 2.34. The van der Waals surface area contributed by atoms with Gasteiger partial charge >= 0.3 is 0 Å². The lowest BCUT2D eigenvalue weighted by Crippen LogP contribution is -2.32. The molecular formula is C12H15ClFNO2S. The molecule has 3 nitrogen and oxygen atoms in total. The summed E-state index contributed by atoms with van der Waals surface area (Å²) < 4.78 is 39.7. The van der Waals surface area contributed by atoms with Crippen molar-refractivity contribution in [3.63, 3.8) is 0 Å². The van der Waals surface area contributed by atoms with Gasteiger partial charge in [-0.1, -0.05) is 24.4 Å². The maximum atomic E-state index is 13.7. The molecule has 0 atom stereocenters. The number of nitrogens with zero attached hydrogens (tertiary/aromatic N) is 1. The molecular weight excluding hydrogens is 277 g/mol. The molecule has 0 aromatic heterocycles. The van der Waals surface area contributed by atoms with Crippen LogP contribution in [-0.4, -0.2) is 25.8 Å². The largest absolute Gasteiger partial charge is 0.245 e. The van der Waals surface area contributed by atoms with Gasteiger partial charge in [0.05, 0.1) is 0 Å². The molecule has 100 valence electrons. The van der Waals surface area contributed by atoms with Crippen molar-refractivity contribution in [1.29, 1.82) is 0 Å². The molecule has 0 spiro atoms. The monoisotopic (exact) mass is 291 g/mol. The van der Waals surface area contributed by atoms with Crippen molar-refractivity contribution in [3.05, 3.63) is 29.0 Å². The molecule has 0 saturated carbocycles. The molecule has 18 heavy (non-hydrogen) atoms. The van der Waals surface area contributed by atoms with E-state index in [2.05, 4.69) is 0 Å². The number of sulfonamides is 1. The highest BCUT2D eigenvalue weighted by atomic mass is 35.5. The third-order valence-corrected chi connectivity index (χ3v) is 5.24. The van der Waals surface area contributed by atoms with Crippen LogP contribution in [0.2, 0.25) is 5.02 Å². The van der Waals surface area contributed by atoms with Gasteiger partial charge in [-0.3, -0.25) is 0 Å². The number of rotatable bonds is 2. The van der Waals surface area contributed by atoms with Gasteiger partial charge in [-0.25, -0.2) is 12.8 Å². The Labute approximate surface area is 112 Å². The quantitative estimate of drug-likeness (QED) is 0.840. The van der Waals surface area contributed by atoms with E-state index in [0.29, 0.717) is 13.1 Å². The van der Waals surface area contributed by atoms with Gasteiger partial charge < -0.3 is 0 Å². The van der Waals surface area contributed by atoms with Crippen molar-refractivity contribution in [3.8, 4) is 0 Å². The summed E-state index contributed by atoms with van der Waals surface area (Å²) in [5.41, 5.74) is 0. The van der Waals surface area contributed by atoms with Crippen molar-refractivity contribution in [2.75, 3.05) is 13.1 Å². The zero-order valence-electron chi connectivity index (χ0n) is 9.90. The van der Waals surface area contributed by atoms with Crippen molar-refractivity contribution < 1.29 is 12.8 Å². The Morgan fingerprint density at radius 3 is 2.28 bits per heavy atom. The van der Waals surface area contributed by atoms with Gasteiger partial charge in [-0.15, -0.1) is 0 Å². The molecule has 0 radical (unpaired) electrons. The highest BCUT2D eigenvalue weighted by molar-refractivity contribution is 7.89. The van der Waals surface area contributed by atoms with E-state index in [1.165, 1.54) is 16.4 Å². The minimum Gasteiger partial charge on any atom is -0.207 e. The van der Waals surface area contributed by atoms with Gasteiger partial charge in [-0.2, -0.15) is 4.31 Å². The Bertz CT molecular complexity index is 525. The predicted molar refractivity (Wildman–Crippen MR) is 68.6 cm³/mol. The van der Waals surface area contributed by atoms with E-state index in [4.69, 9.17) is 11.6 Å². The Kier molecular flexibility index (Phi) is 4.25. The van der Waals surface area contributed by atoms with Gasteiger partial charge in [0.1, 0.15) is 10.7 Å². The van der Waals surface area contributed by atoms with Crippen LogP contribution in [0.4, 0.5) is 4.39 Å². The number of benzene rings is 1. The standard InChI is InChI=1S/C12H15ClFNO2S/c13-10-5-6-12(11(14)9-10)18(16,17)15-7-3-1-2-4-8-15/h5-6,9H,1-4,7-8H2. The average Bonchev–Trinajstić information content (AvgIpc) is 2.57. The normalized spacial score (nSPS) is 18.6. The topological polar surface area (TPSA) is 37.4 Å². The van der Waals surface area contributed by atoms with Crippen LogP contribution in [0.1, 0.15) is 25.7 Å². The Hall–Kier alpha value is -0.650. The highest BCUT2D eigenvalue weighted by Crippen LogP contribution is 2.24. The van der Waals surface area contributed by atoms with Crippen LogP contribution in [0, 0.1) is 5.82 Å². The van der Waals surface area contributed by atoms with Gasteiger partial charge in [0.2, 0.25) is 10.0 Å². The summed E-state index contributed by atoms with van der Waals surface area (Å²) in [6, 6.07) is 3.67. The number of halogens is 2.